The second kappa shape index (κ2) is 66.6. The molecule has 0 aromatic heterocycles. The summed E-state index contributed by atoms with van der Waals surface area (Å²) < 4.78 is 0. The molecule has 0 spiro atoms. The lowest BCUT2D eigenvalue weighted by Crippen LogP contribution is -1.74. The van der Waals surface area contributed by atoms with Gasteiger partial charge in [-0.3, -0.25) is 0 Å². The largest absolute Gasteiger partial charge is 0.102 e. The fourth-order valence-electron chi connectivity index (χ4n) is 5.15. The third-order valence-electron chi connectivity index (χ3n) is 7.45. The molecule has 46 unspecified atom stereocenters. The highest BCUT2D eigenvalue weighted by Crippen LogP contribution is 3.51. The minimum absolute atomic E-state index is 0.301. The predicted octanol–water partition coefficient (Wildman–Crippen LogP) is 49.9. The van der Waals surface area contributed by atoms with Gasteiger partial charge in [0.1, 0.15) is 0 Å². The zero-order valence-electron chi connectivity index (χ0n) is 43.4. The maximum Gasteiger partial charge on any atom is 0.0292 e. The normalized spacial score (nSPS) is 16.0. The summed E-state index contributed by atoms with van der Waals surface area (Å²) in [4.78, 5) is 0. The zero-order chi connectivity index (χ0) is 67.4. The molecule has 0 nitrogen and oxygen atoms in total. The summed E-state index contributed by atoms with van der Waals surface area (Å²) in [6.07, 6.45) is 0. The van der Waals surface area contributed by atoms with Gasteiger partial charge in [-0.2, -0.15) is 0 Å². The van der Waals surface area contributed by atoms with Crippen LogP contribution in [0.1, 0.15) is 0 Å². The molecule has 0 rings (SSSR count). The summed E-state index contributed by atoms with van der Waals surface area (Å²) in [7, 11) is 155. The summed E-state index contributed by atoms with van der Waals surface area (Å²) in [5.41, 5.74) is 0. The molecule has 85 heavy (non-hydrogen) atoms. The Hall–Kier alpha value is 36.2. The third-order valence-corrected chi connectivity index (χ3v) is 604. The van der Waals surface area contributed by atoms with E-state index in [0.29, 0.717) is 0 Å². The molecule has 0 aliphatic heterocycles. The van der Waals surface area contributed by atoms with Crippen LogP contribution >= 0.6 is 669 Å². The molecule has 0 fully saturated rings. The Morgan fingerprint density at radius 2 is 0.200 bits per heavy atom. The number of hydrogen-bond donors (Lipinski definition) is 0. The van der Waals surface area contributed by atoms with E-state index >= 15 is 0 Å². The van der Waals surface area contributed by atoms with Crippen LogP contribution in [0.4, 0.5) is 0 Å². The molecule has 0 saturated heterocycles. The quantitative estimate of drug-likeness (QED) is 0.0550. The molecule has 0 bridgehead atoms. The summed E-state index contributed by atoms with van der Waals surface area (Å²) in [6, 6.07) is 0. The van der Waals surface area contributed by atoms with Crippen molar-refractivity contribution >= 4 is 680 Å². The van der Waals surface area contributed by atoms with Gasteiger partial charge in [-0.25, -0.2) is 0 Å². The second-order valence-electron chi connectivity index (χ2n) is 13.4. The molecule has 0 aliphatic carbocycles. The SMILES string of the molecule is PP(P)P(P(P)P)P(P(P)P)P(P(P(P)P)P(P)P)P(P(P=S)P(P(P(P(P)P)P(P)P)P(P(P)P)P(P)P)P(P(P(P)P)P(P)P)P(P(P)P)P(P)P)P(P(P(P(P)P)P(P)P)P(P(P)P)P(P)P)P(P(P(P)P)P(P)P)P(P(P)P)P(P)P. The molecular formula is H84P84S. The van der Waals surface area contributed by atoms with Crippen molar-refractivity contribution in [3.05, 3.63) is 0 Å². The maximum atomic E-state index is 7.82. The lowest BCUT2D eigenvalue weighted by atomic mass is 28.4. The van der Waals surface area contributed by atoms with E-state index in [1.54, 1.807) is 0 Å². The van der Waals surface area contributed by atoms with Crippen LogP contribution in [0.25, 0.3) is 0 Å². The fourth-order valence-corrected chi connectivity index (χ4v) is 1250. The van der Waals surface area contributed by atoms with Gasteiger partial charge in [0.05, 0.1) is 0 Å². The molecule has 0 saturated carbocycles. The van der Waals surface area contributed by atoms with Crippen molar-refractivity contribution in [3.8, 4) is 0 Å². The first-order valence-electron chi connectivity index (χ1n) is 19.2. The smallest absolute Gasteiger partial charge is 0.0292 e. The van der Waals surface area contributed by atoms with E-state index in [1.165, 1.54) is 7.04 Å². The van der Waals surface area contributed by atoms with E-state index in [9.17, 15) is 0 Å². The first-order valence-corrected chi connectivity index (χ1v) is 173. The van der Waals surface area contributed by atoms with Gasteiger partial charge in [0.15, 0.2) is 0 Å². The van der Waals surface area contributed by atoms with Gasteiger partial charge in [-0.1, -0.05) is 11.8 Å². The molecule has 0 N–H and O–H groups in total. The Morgan fingerprint density at radius 1 is 0.118 bits per heavy atom. The van der Waals surface area contributed by atoms with Crippen molar-refractivity contribution < 1.29 is 0 Å². The Morgan fingerprint density at radius 3 is 0.306 bits per heavy atom. The Bertz CT molecular complexity index is 1470. The number of hydrogen-bond acceptors (Lipinski definition) is 1. The van der Waals surface area contributed by atoms with Gasteiger partial charge in [-0.05, 0) is 252 Å². The molecule has 0 radical (unpaired) electrons. The Labute approximate surface area is 669 Å². The highest BCUT2D eigenvalue weighted by molar-refractivity contribution is 9.57. The van der Waals surface area contributed by atoms with Crippen LogP contribution in [0.3, 0.4) is 0 Å². The first-order chi connectivity index (χ1) is 38.7. The molecule has 0 aliphatic rings. The van der Waals surface area contributed by atoms with Crippen LogP contribution < -0.4 is 0 Å². The molecule has 510 valence electrons. The van der Waals surface area contributed by atoms with E-state index in [2.05, 4.69) is 375 Å². The zero-order valence-corrected chi connectivity index (χ0v) is 130. The van der Waals surface area contributed by atoms with Gasteiger partial charge in [0, 0.05) is 42.0 Å². The minimum atomic E-state index is -0.632. The van der Waals surface area contributed by atoms with Crippen LogP contribution in [0, 0.1) is 0 Å². The van der Waals surface area contributed by atoms with Crippen LogP contribution in [0.15, 0.2) is 0 Å². The van der Waals surface area contributed by atoms with E-state index < -0.39 is 83.8 Å². The molecule has 0 amide bonds. The lowest BCUT2D eigenvalue weighted by Gasteiger charge is -2.61. The highest BCUT2D eigenvalue weighted by Gasteiger charge is 2.64. The molecule has 0 aromatic rings. The Balaban J connectivity index is 12.7. The van der Waals surface area contributed by atoms with E-state index in [4.69, 9.17) is 11.8 Å². The van der Waals surface area contributed by atoms with Crippen molar-refractivity contribution in [2.24, 2.45) is 0 Å². The molecule has 0 aromatic carbocycles. The van der Waals surface area contributed by atoms with Crippen LogP contribution in [-0.4, -0.2) is 0 Å². The molecule has 0 heterocycles. The maximum absolute atomic E-state index is 7.82. The molecule has 46 atom stereocenters. The van der Waals surface area contributed by atoms with E-state index in [-0.39, 0.29) is 203 Å². The number of rotatable bonds is 41. The lowest BCUT2D eigenvalue weighted by molar-refractivity contribution is 4.32. The van der Waals surface area contributed by atoms with Crippen LogP contribution in [0.5, 0.6) is 0 Å². The van der Waals surface area contributed by atoms with Crippen molar-refractivity contribution in [2.75, 3.05) is 0 Å². The van der Waals surface area contributed by atoms with Gasteiger partial charge < -0.3 is 0 Å². The van der Waals surface area contributed by atoms with E-state index in [1.807, 2.05) is 0 Å². The highest BCUT2D eigenvalue weighted by atomic mass is 33.6. The third kappa shape index (κ3) is 42.8. The van der Waals surface area contributed by atoms with Crippen LogP contribution in [-0.2, 0) is 11.8 Å². The van der Waals surface area contributed by atoms with Gasteiger partial charge in [0.2, 0.25) is 0 Å². The van der Waals surface area contributed by atoms with Crippen molar-refractivity contribution in [2.45, 2.75) is 0 Å². The Kier molecular flexibility index (Phi) is 94.9. The topological polar surface area (TPSA) is 0 Å². The summed E-state index contributed by atoms with van der Waals surface area (Å²) in [5.74, 6) is 0. The monoisotopic (exact) mass is 2720 g/mol. The average molecular weight is 2720 g/mol. The summed E-state index contributed by atoms with van der Waals surface area (Å²) in [5, 5.41) is 0. The van der Waals surface area contributed by atoms with Crippen molar-refractivity contribution in [3.63, 3.8) is 0 Å². The second-order valence-corrected chi connectivity index (χ2v) is 363. The fraction of sp³-hybridized carbons (Fsp3) is 0. The van der Waals surface area contributed by atoms with Crippen LogP contribution in [0.2, 0.25) is 0 Å². The average Bonchev–Trinajstić information content (AvgIpc) is 3.28. The predicted molar refractivity (Wildman–Crippen MR) is 706 cm³/mol. The van der Waals surface area contributed by atoms with Gasteiger partial charge in [0.25, 0.3) is 0 Å². The van der Waals surface area contributed by atoms with Crippen molar-refractivity contribution in [1.29, 1.82) is 0 Å². The molecule has 85 heteroatoms. The first kappa shape index (κ1) is 121. The van der Waals surface area contributed by atoms with E-state index in [0.717, 1.165) is 0 Å². The summed E-state index contributed by atoms with van der Waals surface area (Å²) >= 11 is 7.82. The standard InChI is InChI=1S/H84P84S/c1-44(2)66(45(3)4)76(64(41)42)83(75(62(37)38)63(39)40)78(84(81(71(54(21)22)55(23)24)72(56(25)26)57(27)28)82(73(58(29)30)59(31)32)74(60(33)34)61(35)36)65(43-85)77(79(67(46(5)6)47(7)8)68(48(9)10)49(11)12)80(69(50(13)14)51(15)16)70(52(17)18)53(19)20/h1-42H2. The van der Waals surface area contributed by atoms with Gasteiger partial charge >= 0.3 is 0 Å². The summed E-state index contributed by atoms with van der Waals surface area (Å²) in [6.45, 7) is -15.8. The molecular weight excluding hydrogens is 2630 g/mol. The van der Waals surface area contributed by atoms with Crippen molar-refractivity contribution in [1.82, 2.24) is 0 Å². The van der Waals surface area contributed by atoms with Gasteiger partial charge in [-0.15, -0.1) is 375 Å². The minimum Gasteiger partial charge on any atom is -0.102 e.